The molecule has 5 N–H and O–H groups in total. The fourth-order valence-corrected chi connectivity index (χ4v) is 6.31. The summed E-state index contributed by atoms with van der Waals surface area (Å²) in [7, 11) is 0. The van der Waals surface area contributed by atoms with Crippen molar-refractivity contribution in [1.29, 1.82) is 0 Å². The average molecular weight is 765 g/mol. The van der Waals surface area contributed by atoms with Crippen LogP contribution in [0.4, 0.5) is 0 Å². The zero-order valence-corrected chi connectivity index (χ0v) is 29.6. The first-order valence-electron chi connectivity index (χ1n) is 16.7. The van der Waals surface area contributed by atoms with Gasteiger partial charge < -0.3 is 68.2 Å². The number of phenolic OH excluding ortho intramolecular Hbond substituents is 3. The van der Waals surface area contributed by atoms with Crippen LogP contribution in [0.1, 0.15) is 63.1 Å². The number of Topliss-reactive ketones (excluding diaryl/α,β-unsaturated/α-hetero) is 1. The maximum atomic E-state index is 13.1. The van der Waals surface area contributed by atoms with Crippen molar-refractivity contribution in [3.63, 3.8) is 0 Å². The van der Waals surface area contributed by atoms with E-state index in [9.17, 15) is 49.5 Å². The number of hydrogen-bond acceptors (Lipinski definition) is 19. The molecule has 54 heavy (non-hydrogen) atoms. The lowest BCUT2D eigenvalue weighted by atomic mass is 9.94. The number of hydrogen-bond donors (Lipinski definition) is 5. The summed E-state index contributed by atoms with van der Waals surface area (Å²) in [6.07, 6.45) is -17.3. The van der Waals surface area contributed by atoms with Crippen molar-refractivity contribution >= 4 is 29.7 Å². The van der Waals surface area contributed by atoms with Gasteiger partial charge in [-0.15, -0.1) is 0 Å². The molecule has 19 heteroatoms. The van der Waals surface area contributed by atoms with Gasteiger partial charge in [0, 0.05) is 45.4 Å². The lowest BCUT2D eigenvalue weighted by Gasteiger charge is -2.47. The summed E-state index contributed by atoms with van der Waals surface area (Å²) in [6, 6.07) is 5.90. The molecule has 5 rings (SSSR count). The van der Waals surface area contributed by atoms with E-state index in [1.165, 1.54) is 25.1 Å². The predicted molar refractivity (Wildman–Crippen MR) is 174 cm³/mol. The Bertz CT molecular complexity index is 1760. The normalized spacial score (nSPS) is 30.6. The summed E-state index contributed by atoms with van der Waals surface area (Å²) in [5.74, 6) is -5.32. The molecule has 0 unspecified atom stereocenters. The average Bonchev–Trinajstić information content (AvgIpc) is 3.06. The molecule has 3 heterocycles. The Balaban J connectivity index is 1.49. The Labute approximate surface area is 307 Å². The fourth-order valence-electron chi connectivity index (χ4n) is 6.31. The van der Waals surface area contributed by atoms with Crippen molar-refractivity contribution < 1.29 is 92.1 Å². The Kier molecular flexibility index (Phi) is 12.2. The van der Waals surface area contributed by atoms with E-state index < -0.39 is 110 Å². The van der Waals surface area contributed by atoms with E-state index in [4.69, 9.17) is 42.6 Å². The van der Waals surface area contributed by atoms with Gasteiger partial charge in [0.2, 0.25) is 6.29 Å². The molecule has 0 aliphatic carbocycles. The number of fused-ring (bicyclic) bond motifs is 1. The largest absolute Gasteiger partial charge is 0.508 e. The standard InChI is InChI=1S/C35H40O19/c1-13-28(44)30(54-35-33(50-17(5)39)31(48-15(3)37)29(45)26(53-35)12-46-14(2)36)32(49-16(4)38)34(47-13)52-23-7-6-18(40)8-20(23)24-11-22(43)27-21(42)9-19(41)10-25(27)51-24/h6-10,13,24,26,28-35,40-42,44-45H,11-12H2,1-5H3/t13-,24-,26+,28-,29+,30+,31-,32+,33+,34-,35-/m0/s1. The Morgan fingerprint density at radius 3 is 2.02 bits per heavy atom. The molecule has 0 bridgehead atoms. The minimum Gasteiger partial charge on any atom is -0.508 e. The number of rotatable bonds is 10. The molecule has 0 spiro atoms. The molecule has 2 saturated heterocycles. The number of aromatic hydroxyl groups is 3. The van der Waals surface area contributed by atoms with Crippen LogP contribution < -0.4 is 9.47 Å². The third-order valence-corrected chi connectivity index (χ3v) is 8.59. The second-order valence-corrected chi connectivity index (χ2v) is 12.8. The molecule has 2 fully saturated rings. The smallest absolute Gasteiger partial charge is 0.303 e. The van der Waals surface area contributed by atoms with E-state index in [0.29, 0.717) is 0 Å². The molecule has 11 atom stereocenters. The summed E-state index contributed by atoms with van der Waals surface area (Å²) < 4.78 is 51.3. The monoisotopic (exact) mass is 764 g/mol. The lowest BCUT2D eigenvalue weighted by molar-refractivity contribution is -0.352. The molecule has 0 amide bonds. The summed E-state index contributed by atoms with van der Waals surface area (Å²) in [5, 5.41) is 53.1. The van der Waals surface area contributed by atoms with Crippen molar-refractivity contribution in [2.75, 3.05) is 6.61 Å². The highest BCUT2D eigenvalue weighted by Gasteiger charge is 2.55. The number of carbonyl (C=O) groups excluding carboxylic acids is 5. The maximum Gasteiger partial charge on any atom is 0.303 e. The summed E-state index contributed by atoms with van der Waals surface area (Å²) in [5.41, 5.74) is -0.0640. The van der Waals surface area contributed by atoms with Crippen molar-refractivity contribution in [3.8, 4) is 28.7 Å². The number of aliphatic hydroxyl groups is 2. The third-order valence-electron chi connectivity index (χ3n) is 8.59. The molecular formula is C35H40O19. The highest BCUT2D eigenvalue weighted by molar-refractivity contribution is 6.02. The van der Waals surface area contributed by atoms with Gasteiger partial charge in [-0.05, 0) is 25.1 Å². The second-order valence-electron chi connectivity index (χ2n) is 12.8. The highest BCUT2D eigenvalue weighted by Crippen LogP contribution is 2.45. The number of benzene rings is 2. The number of esters is 4. The molecule has 0 radical (unpaired) electrons. The van der Waals surface area contributed by atoms with Gasteiger partial charge >= 0.3 is 23.9 Å². The van der Waals surface area contributed by atoms with Gasteiger partial charge in [0.15, 0.2) is 30.4 Å². The lowest BCUT2D eigenvalue weighted by Crippen LogP contribution is -2.66. The van der Waals surface area contributed by atoms with Crippen LogP contribution in [0.3, 0.4) is 0 Å². The van der Waals surface area contributed by atoms with Crippen LogP contribution in [0.15, 0.2) is 30.3 Å². The quantitative estimate of drug-likeness (QED) is 0.166. The Morgan fingerprint density at radius 1 is 0.759 bits per heavy atom. The molecular weight excluding hydrogens is 724 g/mol. The van der Waals surface area contributed by atoms with Gasteiger partial charge in [-0.1, -0.05) is 0 Å². The van der Waals surface area contributed by atoms with Crippen molar-refractivity contribution in [1.82, 2.24) is 0 Å². The number of aliphatic hydroxyl groups excluding tert-OH is 2. The Hall–Kier alpha value is -5.21. The van der Waals surface area contributed by atoms with E-state index in [1.807, 2.05) is 0 Å². The van der Waals surface area contributed by atoms with Gasteiger partial charge in [0.05, 0.1) is 12.5 Å². The number of carbonyl (C=O) groups is 5. The minimum absolute atomic E-state index is 0.0610. The molecule has 0 aromatic heterocycles. The predicted octanol–water partition coefficient (Wildman–Crippen LogP) is 0.824. The SMILES string of the molecule is CC(=O)OC[C@H]1O[C@@H](O[C@@H]2[C@@H](O)[C@H](C)O[C@@H](Oc3ccc(O)cc3[C@@H]3CC(=O)c4c(O)cc(O)cc4O3)[C@@H]2OC(C)=O)[C@H](OC(C)=O)[C@@H](OC(C)=O)[C@@H]1O. The number of ketones is 1. The zero-order valence-electron chi connectivity index (χ0n) is 29.6. The minimum atomic E-state index is -1.77. The van der Waals surface area contributed by atoms with Gasteiger partial charge in [0.1, 0.15) is 71.4 Å². The molecule has 2 aromatic rings. The van der Waals surface area contributed by atoms with Crippen LogP contribution in [0.25, 0.3) is 0 Å². The number of ether oxygens (including phenoxy) is 9. The van der Waals surface area contributed by atoms with Crippen LogP contribution in [0.2, 0.25) is 0 Å². The first-order valence-corrected chi connectivity index (χ1v) is 16.7. The second kappa shape index (κ2) is 16.4. The van der Waals surface area contributed by atoms with Crippen molar-refractivity contribution in [2.45, 2.75) is 109 Å². The van der Waals surface area contributed by atoms with E-state index in [0.717, 1.165) is 39.8 Å². The number of phenols is 3. The summed E-state index contributed by atoms with van der Waals surface area (Å²) >= 11 is 0. The summed E-state index contributed by atoms with van der Waals surface area (Å²) in [4.78, 5) is 61.5. The molecule has 19 nitrogen and oxygen atoms in total. The molecule has 2 aromatic carbocycles. The first-order chi connectivity index (χ1) is 25.4. The van der Waals surface area contributed by atoms with E-state index in [2.05, 4.69) is 0 Å². The van der Waals surface area contributed by atoms with E-state index in [-0.39, 0.29) is 40.5 Å². The molecule has 3 aliphatic heterocycles. The fraction of sp³-hybridized carbons (Fsp3) is 0.514. The van der Waals surface area contributed by atoms with Crippen LogP contribution in [0.5, 0.6) is 28.7 Å². The van der Waals surface area contributed by atoms with E-state index >= 15 is 0 Å². The molecule has 294 valence electrons. The highest BCUT2D eigenvalue weighted by atomic mass is 16.8. The van der Waals surface area contributed by atoms with Crippen LogP contribution >= 0.6 is 0 Å². The zero-order chi connectivity index (χ0) is 39.6. The van der Waals surface area contributed by atoms with Crippen LogP contribution in [-0.4, -0.2) is 123 Å². The first kappa shape index (κ1) is 40.0. The van der Waals surface area contributed by atoms with Gasteiger partial charge in [0.25, 0.3) is 0 Å². The maximum absolute atomic E-state index is 13.1. The van der Waals surface area contributed by atoms with E-state index in [1.54, 1.807) is 0 Å². The van der Waals surface area contributed by atoms with Crippen LogP contribution in [0, 0.1) is 0 Å². The molecule has 0 saturated carbocycles. The van der Waals surface area contributed by atoms with Crippen LogP contribution in [-0.2, 0) is 52.3 Å². The Morgan fingerprint density at radius 2 is 1.39 bits per heavy atom. The third kappa shape index (κ3) is 8.93. The summed E-state index contributed by atoms with van der Waals surface area (Å²) in [6.45, 7) is 5.08. The van der Waals surface area contributed by atoms with Crippen molar-refractivity contribution in [3.05, 3.63) is 41.5 Å². The van der Waals surface area contributed by atoms with Gasteiger partial charge in [-0.25, -0.2) is 0 Å². The molecule has 3 aliphatic rings. The van der Waals surface area contributed by atoms with Gasteiger partial charge in [-0.3, -0.25) is 24.0 Å². The van der Waals surface area contributed by atoms with Crippen molar-refractivity contribution in [2.24, 2.45) is 0 Å². The topological polar surface area (TPSA) is 270 Å². The van der Waals surface area contributed by atoms with Gasteiger partial charge in [-0.2, -0.15) is 0 Å².